The number of phenolic OH excluding ortho intramolecular Hbond substituents is 1. The highest BCUT2D eigenvalue weighted by molar-refractivity contribution is 6.32. The lowest BCUT2D eigenvalue weighted by Gasteiger charge is -2.39. The van der Waals surface area contributed by atoms with Crippen LogP contribution in [0.5, 0.6) is 11.5 Å². The molecule has 2 aliphatic carbocycles. The molecule has 2 bridgehead atoms. The molecule has 0 aliphatic heterocycles. The van der Waals surface area contributed by atoms with E-state index < -0.39 is 29.5 Å². The molecule has 0 heterocycles. The summed E-state index contributed by atoms with van der Waals surface area (Å²) < 4.78 is 24.9. The fourth-order valence-corrected chi connectivity index (χ4v) is 5.57. The molecule has 3 atom stereocenters. The summed E-state index contributed by atoms with van der Waals surface area (Å²) in [6.07, 6.45) is 1.26. The van der Waals surface area contributed by atoms with Gasteiger partial charge in [-0.05, 0) is 49.4 Å². The van der Waals surface area contributed by atoms with Gasteiger partial charge in [0, 0.05) is 36.2 Å². The third-order valence-electron chi connectivity index (χ3n) is 7.34. The second-order valence-electron chi connectivity index (χ2n) is 9.54. The number of carbonyl (C=O) groups is 2. The number of ether oxygens (including phenoxy) is 2. The lowest BCUT2D eigenvalue weighted by molar-refractivity contribution is -0.132. The van der Waals surface area contributed by atoms with E-state index in [2.05, 4.69) is 5.32 Å². The number of hydrogen-bond acceptors (Lipinski definition) is 7. The summed E-state index contributed by atoms with van der Waals surface area (Å²) in [6.45, 7) is 5.24. The van der Waals surface area contributed by atoms with E-state index in [0.717, 1.165) is 18.6 Å². The van der Waals surface area contributed by atoms with E-state index in [0.29, 0.717) is 18.5 Å². The minimum absolute atomic E-state index is 0.0137. The maximum absolute atomic E-state index is 13.6. The van der Waals surface area contributed by atoms with Gasteiger partial charge in [-0.1, -0.05) is 25.4 Å². The molecule has 2 saturated carbocycles. The van der Waals surface area contributed by atoms with Crippen molar-refractivity contribution in [3.8, 4) is 11.5 Å². The molecular formula is C25H27ClFNO6. The first-order chi connectivity index (χ1) is 15.9. The molecule has 3 unspecified atom stereocenters. The SMILES string of the molecule is CC(=O)Oc1cc(NCc2cc(F)cc(Cl)c2O)ccc1C(=O)OC12CCC(CC1O)C2(C)C. The molecule has 4 rings (SSSR count). The van der Waals surface area contributed by atoms with Crippen LogP contribution in [0.1, 0.15) is 56.0 Å². The number of aliphatic hydroxyl groups is 1. The van der Waals surface area contributed by atoms with Crippen LogP contribution in [-0.4, -0.2) is 33.9 Å². The predicted molar refractivity (Wildman–Crippen MR) is 123 cm³/mol. The van der Waals surface area contributed by atoms with Crippen molar-refractivity contribution >= 4 is 29.2 Å². The smallest absolute Gasteiger partial charge is 0.342 e. The molecule has 0 amide bonds. The number of aromatic hydroxyl groups is 1. The van der Waals surface area contributed by atoms with E-state index in [-0.39, 0.29) is 45.5 Å². The molecule has 2 fully saturated rings. The number of phenols is 1. The molecular weight excluding hydrogens is 465 g/mol. The molecule has 9 heteroatoms. The summed E-state index contributed by atoms with van der Waals surface area (Å²) in [5.41, 5.74) is -0.639. The number of fused-ring (bicyclic) bond motifs is 2. The van der Waals surface area contributed by atoms with Gasteiger partial charge in [0.05, 0.1) is 11.1 Å². The number of anilines is 1. The molecule has 3 N–H and O–H groups in total. The fourth-order valence-electron chi connectivity index (χ4n) is 5.35. The number of halogens is 2. The lowest BCUT2D eigenvalue weighted by atomic mass is 9.78. The number of carbonyl (C=O) groups excluding carboxylic acids is 2. The van der Waals surface area contributed by atoms with Gasteiger partial charge in [0.15, 0.2) is 0 Å². The highest BCUT2D eigenvalue weighted by Crippen LogP contribution is 2.62. The van der Waals surface area contributed by atoms with Gasteiger partial charge in [-0.25, -0.2) is 9.18 Å². The zero-order chi connectivity index (χ0) is 24.8. The molecule has 0 aromatic heterocycles. The highest BCUT2D eigenvalue weighted by Gasteiger charge is 2.66. The van der Waals surface area contributed by atoms with Crippen molar-refractivity contribution in [2.45, 2.75) is 58.3 Å². The molecule has 0 saturated heterocycles. The maximum Gasteiger partial charge on any atom is 0.342 e. The molecule has 7 nitrogen and oxygen atoms in total. The molecule has 34 heavy (non-hydrogen) atoms. The Kier molecular flexibility index (Phi) is 6.25. The van der Waals surface area contributed by atoms with Gasteiger partial charge in [-0.3, -0.25) is 4.79 Å². The van der Waals surface area contributed by atoms with Gasteiger partial charge >= 0.3 is 11.9 Å². The van der Waals surface area contributed by atoms with Crippen LogP contribution in [0, 0.1) is 17.2 Å². The Morgan fingerprint density at radius 2 is 2.00 bits per heavy atom. The van der Waals surface area contributed by atoms with Crippen molar-refractivity contribution < 1.29 is 33.7 Å². The van der Waals surface area contributed by atoms with Crippen molar-refractivity contribution in [3.05, 3.63) is 52.3 Å². The van der Waals surface area contributed by atoms with Crippen molar-refractivity contribution in [1.82, 2.24) is 0 Å². The van der Waals surface area contributed by atoms with Crippen LogP contribution in [0.3, 0.4) is 0 Å². The van der Waals surface area contributed by atoms with Crippen LogP contribution in [0.15, 0.2) is 30.3 Å². The van der Waals surface area contributed by atoms with Crippen LogP contribution >= 0.6 is 11.6 Å². The summed E-state index contributed by atoms with van der Waals surface area (Å²) in [7, 11) is 0. The number of aliphatic hydroxyl groups excluding tert-OH is 1. The number of rotatable bonds is 6. The Hall–Kier alpha value is -2.84. The van der Waals surface area contributed by atoms with Gasteiger partial charge in [0.2, 0.25) is 0 Å². The Morgan fingerprint density at radius 1 is 1.26 bits per heavy atom. The lowest BCUT2D eigenvalue weighted by Crippen LogP contribution is -2.49. The van der Waals surface area contributed by atoms with Crippen LogP contribution in [0.2, 0.25) is 5.02 Å². The van der Waals surface area contributed by atoms with Gasteiger partial charge in [0.1, 0.15) is 28.5 Å². The molecule has 2 aromatic rings. The summed E-state index contributed by atoms with van der Waals surface area (Å²) >= 11 is 5.82. The summed E-state index contributed by atoms with van der Waals surface area (Å²) in [5.74, 6) is -1.90. The minimum atomic E-state index is -0.993. The van der Waals surface area contributed by atoms with Crippen molar-refractivity contribution in [2.75, 3.05) is 5.32 Å². The second kappa shape index (κ2) is 8.74. The van der Waals surface area contributed by atoms with Crippen LogP contribution in [0.25, 0.3) is 0 Å². The number of esters is 2. The Labute approximate surface area is 201 Å². The molecule has 182 valence electrons. The third kappa shape index (κ3) is 4.09. The average Bonchev–Trinajstić information content (AvgIpc) is 3.09. The molecule has 2 aromatic carbocycles. The quantitative estimate of drug-likeness (QED) is 0.393. The first-order valence-electron chi connectivity index (χ1n) is 11.1. The second-order valence-corrected chi connectivity index (χ2v) is 9.95. The fraction of sp³-hybridized carbons (Fsp3) is 0.440. The number of benzene rings is 2. The largest absolute Gasteiger partial charge is 0.506 e. The first-order valence-corrected chi connectivity index (χ1v) is 11.5. The van der Waals surface area contributed by atoms with Crippen molar-refractivity contribution in [1.29, 1.82) is 0 Å². The number of nitrogens with one attached hydrogen (secondary N) is 1. The first kappa shape index (κ1) is 24.3. The Balaban J connectivity index is 1.58. The molecule has 0 radical (unpaired) electrons. The van der Waals surface area contributed by atoms with E-state index >= 15 is 0 Å². The van der Waals surface area contributed by atoms with E-state index in [4.69, 9.17) is 21.1 Å². The molecule has 0 spiro atoms. The molecule has 2 aliphatic rings. The van der Waals surface area contributed by atoms with E-state index in [1.807, 2.05) is 13.8 Å². The topological polar surface area (TPSA) is 105 Å². The summed E-state index contributed by atoms with van der Waals surface area (Å²) in [4.78, 5) is 24.9. The van der Waals surface area contributed by atoms with Crippen LogP contribution < -0.4 is 10.1 Å². The summed E-state index contributed by atoms with van der Waals surface area (Å²) in [5, 5.41) is 23.6. The average molecular weight is 492 g/mol. The third-order valence-corrected chi connectivity index (χ3v) is 7.63. The van der Waals surface area contributed by atoms with Crippen LogP contribution in [-0.2, 0) is 16.1 Å². The van der Waals surface area contributed by atoms with Gasteiger partial charge in [0.25, 0.3) is 0 Å². The monoisotopic (exact) mass is 491 g/mol. The van der Waals surface area contributed by atoms with Gasteiger partial charge in [-0.15, -0.1) is 0 Å². The zero-order valence-electron chi connectivity index (χ0n) is 19.2. The maximum atomic E-state index is 13.6. The van der Waals surface area contributed by atoms with E-state index in [1.165, 1.54) is 19.1 Å². The normalized spacial score (nSPS) is 24.6. The number of hydrogen-bond donors (Lipinski definition) is 3. The van der Waals surface area contributed by atoms with Gasteiger partial charge in [-0.2, -0.15) is 0 Å². The Morgan fingerprint density at radius 3 is 2.62 bits per heavy atom. The standard InChI is InChI=1S/C25H27ClFNO6/c1-13(29)33-20-11-17(28-12-14-8-16(27)10-19(26)22(14)31)4-5-18(20)23(32)34-25-7-6-15(9-21(25)30)24(25,2)3/h4-5,8,10-11,15,21,28,30-31H,6-7,9,12H2,1-3H3. The zero-order valence-corrected chi connectivity index (χ0v) is 19.9. The van der Waals surface area contributed by atoms with Crippen molar-refractivity contribution in [3.63, 3.8) is 0 Å². The summed E-state index contributed by atoms with van der Waals surface area (Å²) in [6, 6.07) is 6.64. The van der Waals surface area contributed by atoms with E-state index in [1.54, 1.807) is 6.07 Å². The highest BCUT2D eigenvalue weighted by atomic mass is 35.5. The van der Waals surface area contributed by atoms with Gasteiger partial charge < -0.3 is 25.0 Å². The van der Waals surface area contributed by atoms with E-state index in [9.17, 15) is 24.2 Å². The minimum Gasteiger partial charge on any atom is -0.506 e. The van der Waals surface area contributed by atoms with Crippen molar-refractivity contribution in [2.24, 2.45) is 11.3 Å². The predicted octanol–water partition coefficient (Wildman–Crippen LogP) is 4.82. The van der Waals surface area contributed by atoms with Crippen LogP contribution in [0.4, 0.5) is 10.1 Å². The Bertz CT molecular complexity index is 1150.